The van der Waals surface area contributed by atoms with Crippen LogP contribution in [0.25, 0.3) is 0 Å². The summed E-state index contributed by atoms with van der Waals surface area (Å²) in [5, 5.41) is 17.2. The zero-order valence-corrected chi connectivity index (χ0v) is 12.6. The van der Waals surface area contributed by atoms with Gasteiger partial charge in [0.1, 0.15) is 5.75 Å². The summed E-state index contributed by atoms with van der Waals surface area (Å²) in [6.07, 6.45) is 0. The molecule has 0 saturated carbocycles. The molecule has 0 atom stereocenters. The molecule has 0 radical (unpaired) electrons. The van der Waals surface area contributed by atoms with Crippen LogP contribution in [0.15, 0.2) is 33.9 Å². The Bertz CT molecular complexity index is 664. The lowest BCUT2D eigenvalue weighted by Crippen LogP contribution is -2.38. The number of rotatable bonds is 4. The normalized spacial score (nSPS) is 15.6. The average molecular weight is 319 g/mol. The van der Waals surface area contributed by atoms with Crippen LogP contribution in [0.5, 0.6) is 5.75 Å². The largest absolute Gasteiger partial charge is 0.497 e. The van der Waals surface area contributed by atoms with Crippen LogP contribution >= 0.6 is 0 Å². The Morgan fingerprint density at radius 1 is 1.26 bits per heavy atom. The van der Waals surface area contributed by atoms with Crippen LogP contribution in [0.2, 0.25) is 0 Å². The highest BCUT2D eigenvalue weighted by Crippen LogP contribution is 2.21. The van der Waals surface area contributed by atoms with E-state index in [9.17, 15) is 5.21 Å². The second kappa shape index (κ2) is 7.07. The van der Waals surface area contributed by atoms with Gasteiger partial charge in [-0.3, -0.25) is 10.7 Å². The molecule has 2 aromatic rings. The molecule has 1 aliphatic rings. The fraction of sp³-hybridized carbons (Fsp3) is 0.357. The van der Waals surface area contributed by atoms with E-state index < -0.39 is 0 Å². The lowest BCUT2D eigenvalue weighted by molar-refractivity contribution is 0.122. The molecule has 23 heavy (non-hydrogen) atoms. The monoisotopic (exact) mass is 319 g/mol. The van der Waals surface area contributed by atoms with Crippen molar-refractivity contribution in [3.8, 4) is 5.75 Å². The number of benzene rings is 1. The third-order valence-corrected chi connectivity index (χ3v) is 3.43. The van der Waals surface area contributed by atoms with E-state index in [4.69, 9.17) is 14.1 Å². The molecule has 2 heterocycles. The number of anilines is 1. The van der Waals surface area contributed by atoms with Gasteiger partial charge in [-0.05, 0) is 34.6 Å². The van der Waals surface area contributed by atoms with Gasteiger partial charge in [-0.1, -0.05) is 0 Å². The first-order valence-electron chi connectivity index (χ1n) is 7.10. The maximum Gasteiger partial charge on any atom is 0.205 e. The van der Waals surface area contributed by atoms with E-state index in [0.29, 0.717) is 43.5 Å². The van der Waals surface area contributed by atoms with Gasteiger partial charge in [-0.2, -0.15) is 0 Å². The average Bonchev–Trinajstić information content (AvgIpc) is 3.10. The van der Waals surface area contributed by atoms with Crippen molar-refractivity contribution in [3.63, 3.8) is 0 Å². The van der Waals surface area contributed by atoms with Gasteiger partial charge in [-0.15, -0.1) is 0 Å². The lowest BCUT2D eigenvalue weighted by atomic mass is 10.3. The molecule has 9 heteroatoms. The molecular weight excluding hydrogens is 302 g/mol. The summed E-state index contributed by atoms with van der Waals surface area (Å²) in [6.45, 7) is 2.54. The Hall–Kier alpha value is -2.65. The van der Waals surface area contributed by atoms with Crippen LogP contribution in [0.3, 0.4) is 0 Å². The molecule has 0 bridgehead atoms. The predicted molar refractivity (Wildman–Crippen MR) is 81.4 cm³/mol. The second-order valence-electron chi connectivity index (χ2n) is 4.81. The van der Waals surface area contributed by atoms with Crippen molar-refractivity contribution in [2.75, 3.05) is 38.3 Å². The fourth-order valence-electron chi connectivity index (χ4n) is 2.23. The summed E-state index contributed by atoms with van der Waals surface area (Å²) in [5.74, 6) is 1.39. The van der Waals surface area contributed by atoms with Crippen LogP contribution < -0.4 is 15.1 Å². The van der Waals surface area contributed by atoms with E-state index in [1.807, 2.05) is 4.90 Å². The van der Waals surface area contributed by atoms with Gasteiger partial charge in [-0.25, -0.2) is 9.62 Å². The smallest absolute Gasteiger partial charge is 0.205 e. The zero-order valence-electron chi connectivity index (χ0n) is 12.6. The predicted octanol–water partition coefficient (Wildman–Crippen LogP) is 0.972. The number of morpholine rings is 1. The molecule has 0 amide bonds. The molecule has 3 rings (SSSR count). The van der Waals surface area contributed by atoms with Gasteiger partial charge in [0.25, 0.3) is 0 Å². The Morgan fingerprint density at radius 2 is 2.00 bits per heavy atom. The van der Waals surface area contributed by atoms with Gasteiger partial charge >= 0.3 is 0 Å². The van der Waals surface area contributed by atoms with Crippen LogP contribution in [0.1, 0.15) is 5.69 Å². The van der Waals surface area contributed by atoms with Crippen molar-refractivity contribution in [1.29, 1.82) is 0 Å². The summed E-state index contributed by atoms with van der Waals surface area (Å²) >= 11 is 0. The van der Waals surface area contributed by atoms with Crippen molar-refractivity contribution in [2.24, 2.45) is 4.99 Å². The first kappa shape index (κ1) is 15.3. The number of hydrogen-bond donors (Lipinski definition) is 2. The molecule has 0 unspecified atom stereocenters. The molecule has 1 aromatic heterocycles. The molecule has 1 fully saturated rings. The lowest BCUT2D eigenvalue weighted by Gasteiger charge is -2.26. The Morgan fingerprint density at radius 3 is 2.65 bits per heavy atom. The first-order chi connectivity index (χ1) is 11.3. The SMILES string of the molecule is COc1ccc(N=C(NO)c2nonc2N2CCOCC2)cc1. The van der Waals surface area contributed by atoms with E-state index >= 15 is 0 Å². The molecule has 1 aliphatic heterocycles. The van der Waals surface area contributed by atoms with Crippen LogP contribution in [0.4, 0.5) is 11.5 Å². The molecule has 2 N–H and O–H groups in total. The van der Waals surface area contributed by atoms with E-state index in [1.165, 1.54) is 0 Å². The topological polar surface area (TPSA) is 105 Å². The Balaban J connectivity index is 1.88. The van der Waals surface area contributed by atoms with Gasteiger partial charge in [0.05, 0.1) is 26.0 Å². The number of amidine groups is 1. The quantitative estimate of drug-likeness (QED) is 0.488. The second-order valence-corrected chi connectivity index (χ2v) is 4.81. The number of aliphatic imine (C=N–C) groups is 1. The van der Waals surface area contributed by atoms with Crippen molar-refractivity contribution in [3.05, 3.63) is 30.0 Å². The molecule has 0 spiro atoms. The van der Waals surface area contributed by atoms with E-state index in [-0.39, 0.29) is 5.84 Å². The van der Waals surface area contributed by atoms with E-state index in [0.717, 1.165) is 5.75 Å². The zero-order chi connectivity index (χ0) is 16.1. The van der Waals surface area contributed by atoms with Crippen molar-refractivity contribution >= 4 is 17.3 Å². The van der Waals surface area contributed by atoms with Gasteiger partial charge < -0.3 is 14.4 Å². The number of hydrogen-bond acceptors (Lipinski definition) is 8. The number of hydroxylamine groups is 1. The molecule has 9 nitrogen and oxygen atoms in total. The van der Waals surface area contributed by atoms with Crippen LogP contribution in [-0.4, -0.2) is 54.8 Å². The number of nitrogens with zero attached hydrogens (tertiary/aromatic N) is 4. The number of aromatic nitrogens is 2. The highest BCUT2D eigenvalue weighted by molar-refractivity contribution is 6.01. The third kappa shape index (κ3) is 3.41. The van der Waals surface area contributed by atoms with E-state index in [1.54, 1.807) is 31.4 Å². The summed E-state index contributed by atoms with van der Waals surface area (Å²) in [7, 11) is 1.59. The fourth-order valence-corrected chi connectivity index (χ4v) is 2.23. The van der Waals surface area contributed by atoms with Gasteiger partial charge in [0, 0.05) is 13.1 Å². The molecular formula is C14H17N5O4. The van der Waals surface area contributed by atoms with Gasteiger partial charge in [0.2, 0.25) is 5.82 Å². The standard InChI is InChI=1S/C14H17N5O4/c1-21-11-4-2-10(3-5-11)15-13(16-20)12-14(18-23-17-12)19-6-8-22-9-7-19/h2-5,20H,6-9H2,1H3,(H,15,16). The van der Waals surface area contributed by atoms with Crippen LogP contribution in [0, 0.1) is 0 Å². The van der Waals surface area contributed by atoms with Crippen molar-refractivity contribution in [1.82, 2.24) is 15.8 Å². The molecule has 1 saturated heterocycles. The Kier molecular flexibility index (Phi) is 4.69. The maximum atomic E-state index is 9.42. The maximum absolute atomic E-state index is 9.42. The summed E-state index contributed by atoms with van der Waals surface area (Å²) in [6, 6.07) is 7.08. The number of nitrogens with one attached hydrogen (secondary N) is 1. The Labute approximate surface area is 132 Å². The van der Waals surface area contributed by atoms with E-state index in [2.05, 4.69) is 20.8 Å². The van der Waals surface area contributed by atoms with Gasteiger partial charge in [0.15, 0.2) is 11.5 Å². The van der Waals surface area contributed by atoms with Crippen molar-refractivity contribution < 1.29 is 19.3 Å². The molecule has 122 valence electrons. The first-order valence-corrected chi connectivity index (χ1v) is 7.10. The number of methoxy groups -OCH3 is 1. The highest BCUT2D eigenvalue weighted by Gasteiger charge is 2.23. The van der Waals surface area contributed by atoms with Crippen LogP contribution in [-0.2, 0) is 4.74 Å². The van der Waals surface area contributed by atoms with Crippen molar-refractivity contribution in [2.45, 2.75) is 0 Å². The minimum absolute atomic E-state index is 0.151. The molecule has 0 aliphatic carbocycles. The minimum atomic E-state index is 0.151. The summed E-state index contributed by atoms with van der Waals surface area (Å²) in [5.41, 5.74) is 3.02. The highest BCUT2D eigenvalue weighted by atomic mass is 16.6. The third-order valence-electron chi connectivity index (χ3n) is 3.43. The summed E-state index contributed by atoms with van der Waals surface area (Å²) < 4.78 is 15.2. The number of ether oxygens (including phenoxy) is 2. The molecule has 1 aromatic carbocycles. The minimum Gasteiger partial charge on any atom is -0.497 e. The summed E-state index contributed by atoms with van der Waals surface area (Å²) in [4.78, 5) is 6.30.